The van der Waals surface area contributed by atoms with Gasteiger partial charge in [-0.3, -0.25) is 0 Å². The van der Waals surface area contributed by atoms with Crippen molar-refractivity contribution in [2.45, 2.75) is 6.92 Å². The summed E-state index contributed by atoms with van der Waals surface area (Å²) in [7, 11) is 0. The topological polar surface area (TPSA) is 24.1 Å². The number of hydrogen-bond donors (Lipinski definition) is 2. The first-order valence-electron chi connectivity index (χ1n) is 3.22. The molecule has 0 amide bonds. The molecule has 0 saturated carbocycles. The second-order valence-electron chi connectivity index (χ2n) is 2.50. The molecule has 1 heterocycles. The largest absolute Gasteiger partial charge is 0.346 e. The van der Waals surface area contributed by atoms with Gasteiger partial charge in [0.15, 0.2) is 0 Å². The van der Waals surface area contributed by atoms with Gasteiger partial charge in [-0.15, -0.1) is 0 Å². The van der Waals surface area contributed by atoms with Gasteiger partial charge in [-0.1, -0.05) is 26.7 Å². The third-order valence-corrected chi connectivity index (χ3v) is 1.67. The number of rotatable bonds is 0. The van der Waals surface area contributed by atoms with Crippen LogP contribution in [-0.2, 0) is 0 Å². The van der Waals surface area contributed by atoms with Gasteiger partial charge >= 0.3 is 0 Å². The molecule has 0 radical (unpaired) electrons. The summed E-state index contributed by atoms with van der Waals surface area (Å²) in [6.07, 6.45) is 0. The van der Waals surface area contributed by atoms with Crippen molar-refractivity contribution >= 4 is 0 Å². The number of hydrogen-bond acceptors (Lipinski definition) is 2. The monoisotopic (exact) mass is 136 g/mol. The molecule has 0 aromatic heterocycles. The first-order chi connectivity index (χ1) is 4.61. The molecule has 2 heteroatoms. The third kappa shape index (κ3) is 1.05. The third-order valence-electron chi connectivity index (χ3n) is 1.67. The first kappa shape index (κ1) is 6.93. The zero-order valence-corrected chi connectivity index (χ0v) is 6.20. The molecule has 2 nitrogen and oxygen atoms in total. The lowest BCUT2D eigenvalue weighted by molar-refractivity contribution is 0.607. The molecule has 1 aliphatic heterocycles. The van der Waals surface area contributed by atoms with E-state index in [0.717, 1.165) is 17.2 Å². The zero-order chi connectivity index (χ0) is 7.72. The van der Waals surface area contributed by atoms with Crippen LogP contribution in [0.4, 0.5) is 0 Å². The van der Waals surface area contributed by atoms with Crippen LogP contribution in [0.25, 0.3) is 0 Å². The Morgan fingerprint density at radius 3 is 1.90 bits per heavy atom. The van der Waals surface area contributed by atoms with Crippen molar-refractivity contribution in [2.75, 3.05) is 0 Å². The Hall–Kier alpha value is -1.18. The molecule has 1 aliphatic rings. The molecule has 1 rings (SSSR count). The molecule has 2 N–H and O–H groups in total. The predicted molar refractivity (Wildman–Crippen MR) is 42.9 cm³/mol. The van der Waals surface area contributed by atoms with Gasteiger partial charge in [0.25, 0.3) is 0 Å². The second-order valence-corrected chi connectivity index (χ2v) is 2.50. The molecule has 1 fully saturated rings. The summed E-state index contributed by atoms with van der Waals surface area (Å²) in [6, 6.07) is 0. The molecule has 0 atom stereocenters. The van der Waals surface area contributed by atoms with Crippen molar-refractivity contribution in [3.05, 3.63) is 37.0 Å². The van der Waals surface area contributed by atoms with E-state index in [9.17, 15) is 0 Å². The van der Waals surface area contributed by atoms with Crippen LogP contribution >= 0.6 is 0 Å². The Labute approximate surface area is 61.3 Å². The highest BCUT2D eigenvalue weighted by Gasteiger charge is 2.16. The van der Waals surface area contributed by atoms with Crippen LogP contribution < -0.4 is 10.6 Å². The molecule has 0 bridgehead atoms. The van der Waals surface area contributed by atoms with Crippen LogP contribution in [0.1, 0.15) is 6.92 Å². The average Bonchev–Trinajstić information content (AvgIpc) is 1.82. The van der Waals surface area contributed by atoms with Crippen molar-refractivity contribution in [1.82, 2.24) is 10.6 Å². The smallest absolute Gasteiger partial charge is 0.0996 e. The lowest BCUT2D eigenvalue weighted by atomic mass is 10.0. The Balaban J connectivity index is 2.76. The van der Waals surface area contributed by atoms with Crippen molar-refractivity contribution < 1.29 is 0 Å². The van der Waals surface area contributed by atoms with E-state index in [4.69, 9.17) is 0 Å². The van der Waals surface area contributed by atoms with E-state index >= 15 is 0 Å². The standard InChI is InChI=1S/C8H12N2/c1-5-6(2)9-8(4)10-7(5)3/h5,9-10H,2-4H2,1H3. The second kappa shape index (κ2) is 2.21. The first-order valence-corrected chi connectivity index (χ1v) is 3.22. The van der Waals surface area contributed by atoms with Gasteiger partial charge in [-0.2, -0.15) is 0 Å². The lowest BCUT2D eigenvalue weighted by Gasteiger charge is -2.28. The van der Waals surface area contributed by atoms with Crippen LogP contribution in [0, 0.1) is 5.92 Å². The molecule has 54 valence electrons. The van der Waals surface area contributed by atoms with E-state index in [1.807, 2.05) is 6.92 Å². The fourth-order valence-electron chi connectivity index (χ4n) is 0.846. The SMILES string of the molecule is C=C1NC(=C)C(C)C(=C)N1. The van der Waals surface area contributed by atoms with Crippen LogP contribution in [0.3, 0.4) is 0 Å². The van der Waals surface area contributed by atoms with Crippen LogP contribution in [0.5, 0.6) is 0 Å². The van der Waals surface area contributed by atoms with E-state index in [-0.39, 0.29) is 5.92 Å². The minimum absolute atomic E-state index is 0.283. The highest BCUT2D eigenvalue weighted by Crippen LogP contribution is 2.17. The van der Waals surface area contributed by atoms with Gasteiger partial charge in [0.2, 0.25) is 0 Å². The van der Waals surface area contributed by atoms with Crippen molar-refractivity contribution in [1.29, 1.82) is 0 Å². The van der Waals surface area contributed by atoms with Gasteiger partial charge in [-0.25, -0.2) is 0 Å². The van der Waals surface area contributed by atoms with Crippen molar-refractivity contribution in [2.24, 2.45) is 5.92 Å². The highest BCUT2D eigenvalue weighted by atomic mass is 15.1. The maximum Gasteiger partial charge on any atom is 0.0996 e. The Morgan fingerprint density at radius 1 is 1.10 bits per heavy atom. The zero-order valence-electron chi connectivity index (χ0n) is 6.20. The van der Waals surface area contributed by atoms with Crippen molar-refractivity contribution in [3.8, 4) is 0 Å². The van der Waals surface area contributed by atoms with Crippen LogP contribution in [0.2, 0.25) is 0 Å². The van der Waals surface area contributed by atoms with Gasteiger partial charge in [0, 0.05) is 17.3 Å². The van der Waals surface area contributed by atoms with E-state index in [2.05, 4.69) is 30.4 Å². The molecular formula is C8H12N2. The molecule has 0 aromatic carbocycles. The van der Waals surface area contributed by atoms with Gasteiger partial charge in [0.05, 0.1) is 5.82 Å². The Kier molecular flexibility index (Phi) is 1.53. The molecular weight excluding hydrogens is 124 g/mol. The van der Waals surface area contributed by atoms with Gasteiger partial charge < -0.3 is 10.6 Å². The maximum atomic E-state index is 3.82. The molecule has 0 aliphatic carbocycles. The summed E-state index contributed by atoms with van der Waals surface area (Å²) in [6.45, 7) is 13.4. The van der Waals surface area contributed by atoms with Crippen LogP contribution in [0.15, 0.2) is 37.0 Å². The number of nitrogens with one attached hydrogen (secondary N) is 2. The van der Waals surface area contributed by atoms with Crippen LogP contribution in [-0.4, -0.2) is 0 Å². The van der Waals surface area contributed by atoms with E-state index in [0.29, 0.717) is 0 Å². The summed E-state index contributed by atoms with van der Waals surface area (Å²) in [5.74, 6) is 1.04. The highest BCUT2D eigenvalue weighted by molar-refractivity contribution is 5.24. The summed E-state index contributed by atoms with van der Waals surface area (Å²) < 4.78 is 0. The fourth-order valence-corrected chi connectivity index (χ4v) is 0.846. The normalized spacial score (nSPS) is 20.3. The van der Waals surface area contributed by atoms with Gasteiger partial charge in [-0.05, 0) is 0 Å². The fraction of sp³-hybridized carbons (Fsp3) is 0.250. The quantitative estimate of drug-likeness (QED) is 0.524. The summed E-state index contributed by atoms with van der Waals surface area (Å²) in [5, 5.41) is 6.00. The predicted octanol–water partition coefficient (Wildman–Crippen LogP) is 1.31. The van der Waals surface area contributed by atoms with Gasteiger partial charge in [0.1, 0.15) is 0 Å². The summed E-state index contributed by atoms with van der Waals surface area (Å²) >= 11 is 0. The Bertz CT molecular complexity index is 183. The van der Waals surface area contributed by atoms with E-state index < -0.39 is 0 Å². The lowest BCUT2D eigenvalue weighted by Crippen LogP contribution is -2.35. The maximum absolute atomic E-state index is 3.82. The minimum Gasteiger partial charge on any atom is -0.346 e. The van der Waals surface area contributed by atoms with E-state index in [1.165, 1.54) is 0 Å². The average molecular weight is 136 g/mol. The summed E-state index contributed by atoms with van der Waals surface area (Å²) in [5.41, 5.74) is 1.91. The molecule has 0 aromatic rings. The molecule has 10 heavy (non-hydrogen) atoms. The van der Waals surface area contributed by atoms with Crippen molar-refractivity contribution in [3.63, 3.8) is 0 Å². The molecule has 1 saturated heterocycles. The Morgan fingerprint density at radius 2 is 1.50 bits per heavy atom. The minimum atomic E-state index is 0.283. The molecule has 0 spiro atoms. The summed E-state index contributed by atoms with van der Waals surface area (Å²) in [4.78, 5) is 0. The van der Waals surface area contributed by atoms with E-state index in [1.54, 1.807) is 0 Å². The molecule has 0 unspecified atom stereocenters.